The molecular weight excluding hydrogens is 270 g/mol. The lowest BCUT2D eigenvalue weighted by atomic mass is 10.3. The van der Waals surface area contributed by atoms with Gasteiger partial charge in [0.05, 0.1) is 0 Å². The van der Waals surface area contributed by atoms with Crippen LogP contribution in [0.15, 0.2) is 12.4 Å². The molecule has 2 heterocycles. The Bertz CT molecular complexity index is 508. The van der Waals surface area contributed by atoms with E-state index < -0.39 is 0 Å². The van der Waals surface area contributed by atoms with E-state index in [-0.39, 0.29) is 23.6 Å². The predicted octanol–water partition coefficient (Wildman–Crippen LogP) is 0.460. The summed E-state index contributed by atoms with van der Waals surface area (Å²) in [4.78, 5) is 36.1. The van der Waals surface area contributed by atoms with Crippen LogP contribution in [0.1, 0.15) is 0 Å². The molecule has 1 aromatic rings. The van der Waals surface area contributed by atoms with Crippen molar-refractivity contribution in [3.63, 3.8) is 0 Å². The highest BCUT2D eigenvalue weighted by Gasteiger charge is 2.29. The van der Waals surface area contributed by atoms with Crippen molar-refractivity contribution in [3.8, 4) is 0 Å². The van der Waals surface area contributed by atoms with Crippen LogP contribution in [0.3, 0.4) is 0 Å². The van der Waals surface area contributed by atoms with Gasteiger partial charge in [-0.25, -0.2) is 14.8 Å². The molecule has 0 aliphatic carbocycles. The first-order valence-corrected chi connectivity index (χ1v) is 6.11. The van der Waals surface area contributed by atoms with E-state index in [2.05, 4.69) is 9.97 Å². The van der Waals surface area contributed by atoms with Crippen LogP contribution in [-0.2, 0) is 4.79 Å². The fourth-order valence-corrected chi connectivity index (χ4v) is 1.97. The van der Waals surface area contributed by atoms with Crippen LogP contribution in [0.25, 0.3) is 0 Å². The minimum Gasteiger partial charge on any atom is -0.331 e. The highest BCUT2D eigenvalue weighted by molar-refractivity contribution is 6.29. The van der Waals surface area contributed by atoms with E-state index in [4.69, 9.17) is 11.6 Å². The molecule has 0 unspecified atom stereocenters. The van der Waals surface area contributed by atoms with Gasteiger partial charge in [0.15, 0.2) is 0 Å². The van der Waals surface area contributed by atoms with Crippen molar-refractivity contribution in [1.82, 2.24) is 19.8 Å². The third-order valence-electron chi connectivity index (χ3n) is 2.77. The monoisotopic (exact) mass is 283 g/mol. The second-order valence-electron chi connectivity index (χ2n) is 4.34. The highest BCUT2D eigenvalue weighted by atomic mass is 35.5. The Morgan fingerprint density at radius 2 is 2.11 bits per heavy atom. The summed E-state index contributed by atoms with van der Waals surface area (Å²) in [5, 5.41) is 0.282. The minimum absolute atomic E-state index is 0.0403. The summed E-state index contributed by atoms with van der Waals surface area (Å²) in [5.74, 6) is 0.276. The van der Waals surface area contributed by atoms with E-state index in [0.717, 1.165) is 0 Å². The number of carbonyl (C=O) groups excluding carboxylic acids is 2. The number of urea groups is 1. The second-order valence-corrected chi connectivity index (χ2v) is 4.73. The summed E-state index contributed by atoms with van der Waals surface area (Å²) in [6.07, 6.45) is 1.31. The van der Waals surface area contributed by atoms with Crippen molar-refractivity contribution in [2.24, 2.45) is 0 Å². The molecule has 7 nitrogen and oxygen atoms in total. The van der Waals surface area contributed by atoms with E-state index in [1.54, 1.807) is 14.1 Å². The number of hydrogen-bond donors (Lipinski definition) is 0. The summed E-state index contributed by atoms with van der Waals surface area (Å²) in [7, 11) is 3.31. The maximum atomic E-state index is 12.1. The molecule has 0 atom stereocenters. The van der Waals surface area contributed by atoms with Crippen LogP contribution in [-0.4, -0.2) is 65.4 Å². The molecule has 1 aliphatic rings. The number of anilines is 1. The highest BCUT2D eigenvalue weighted by Crippen LogP contribution is 2.17. The molecule has 0 aromatic carbocycles. The fraction of sp³-hybridized carbons (Fsp3) is 0.455. The van der Waals surface area contributed by atoms with Crippen LogP contribution in [0, 0.1) is 0 Å². The van der Waals surface area contributed by atoms with Crippen molar-refractivity contribution >= 4 is 29.4 Å². The maximum absolute atomic E-state index is 12.1. The van der Waals surface area contributed by atoms with Gasteiger partial charge in [0, 0.05) is 33.3 Å². The molecule has 1 aliphatic heterocycles. The summed E-state index contributed by atoms with van der Waals surface area (Å²) in [6, 6.07) is 1.36. The predicted molar refractivity (Wildman–Crippen MR) is 70.1 cm³/mol. The van der Waals surface area contributed by atoms with Crippen LogP contribution in [0.4, 0.5) is 10.6 Å². The molecular formula is C11H14ClN5O2. The van der Waals surface area contributed by atoms with Crippen LogP contribution < -0.4 is 4.90 Å². The second kappa shape index (κ2) is 5.40. The molecule has 0 spiro atoms. The molecule has 1 fully saturated rings. The zero-order valence-electron chi connectivity index (χ0n) is 10.7. The number of hydrogen-bond acceptors (Lipinski definition) is 4. The first-order valence-electron chi connectivity index (χ1n) is 5.73. The minimum atomic E-state index is -0.184. The molecule has 2 rings (SSSR count). The van der Waals surface area contributed by atoms with Gasteiger partial charge < -0.3 is 9.80 Å². The Kier molecular flexibility index (Phi) is 3.84. The zero-order valence-corrected chi connectivity index (χ0v) is 11.5. The topological polar surface area (TPSA) is 69.6 Å². The number of aromatic nitrogens is 2. The maximum Gasteiger partial charge on any atom is 0.320 e. The first kappa shape index (κ1) is 13.5. The van der Waals surface area contributed by atoms with Gasteiger partial charge in [-0.1, -0.05) is 11.6 Å². The zero-order chi connectivity index (χ0) is 14.0. The van der Waals surface area contributed by atoms with E-state index in [0.29, 0.717) is 18.9 Å². The molecule has 19 heavy (non-hydrogen) atoms. The molecule has 1 aromatic heterocycles. The number of nitrogens with zero attached hydrogens (tertiary/aromatic N) is 5. The Balaban J connectivity index is 2.09. The van der Waals surface area contributed by atoms with Crippen molar-refractivity contribution in [1.29, 1.82) is 0 Å². The number of halogens is 1. The number of rotatable bonds is 1. The van der Waals surface area contributed by atoms with Crippen LogP contribution >= 0.6 is 11.6 Å². The quantitative estimate of drug-likeness (QED) is 0.702. The molecule has 0 bridgehead atoms. The van der Waals surface area contributed by atoms with Gasteiger partial charge in [0.1, 0.15) is 23.8 Å². The Morgan fingerprint density at radius 3 is 2.68 bits per heavy atom. The fourth-order valence-electron chi connectivity index (χ4n) is 1.83. The van der Waals surface area contributed by atoms with E-state index in [9.17, 15) is 9.59 Å². The number of carbonyl (C=O) groups is 2. The Morgan fingerprint density at radius 1 is 1.37 bits per heavy atom. The SMILES string of the molecule is CN(C)C(=O)N1CCN(c2cc(Cl)ncn2)C(=O)C1. The van der Waals surface area contributed by atoms with Crippen molar-refractivity contribution < 1.29 is 9.59 Å². The number of piperazine rings is 1. The molecule has 3 amide bonds. The van der Waals surface area contributed by atoms with Gasteiger partial charge in [0.25, 0.3) is 0 Å². The van der Waals surface area contributed by atoms with E-state index in [1.807, 2.05) is 0 Å². The van der Waals surface area contributed by atoms with E-state index >= 15 is 0 Å². The van der Waals surface area contributed by atoms with Gasteiger partial charge in [-0.05, 0) is 0 Å². The normalized spacial score (nSPS) is 15.6. The van der Waals surface area contributed by atoms with Crippen molar-refractivity contribution in [2.75, 3.05) is 38.6 Å². The molecule has 0 radical (unpaired) electrons. The first-order chi connectivity index (χ1) is 8.99. The largest absolute Gasteiger partial charge is 0.331 e. The third-order valence-corrected chi connectivity index (χ3v) is 2.98. The molecule has 0 N–H and O–H groups in total. The summed E-state index contributed by atoms with van der Waals surface area (Å²) in [6.45, 7) is 0.898. The average Bonchev–Trinajstić information content (AvgIpc) is 2.37. The lowest BCUT2D eigenvalue weighted by Crippen LogP contribution is -2.54. The standard InChI is InChI=1S/C11H14ClN5O2/c1-15(2)11(19)16-3-4-17(10(18)6-16)9-5-8(12)13-7-14-9/h5,7H,3-4,6H2,1-2H3. The molecule has 0 saturated carbocycles. The number of amides is 3. The molecule has 8 heteroatoms. The lowest BCUT2D eigenvalue weighted by Gasteiger charge is -2.34. The van der Waals surface area contributed by atoms with Crippen LogP contribution in [0.5, 0.6) is 0 Å². The van der Waals surface area contributed by atoms with Crippen LogP contribution in [0.2, 0.25) is 5.15 Å². The third kappa shape index (κ3) is 2.93. The van der Waals surface area contributed by atoms with Gasteiger partial charge in [-0.15, -0.1) is 0 Å². The van der Waals surface area contributed by atoms with Gasteiger partial charge >= 0.3 is 6.03 Å². The Hall–Kier alpha value is -1.89. The van der Waals surface area contributed by atoms with Gasteiger partial charge in [0.2, 0.25) is 5.91 Å². The van der Waals surface area contributed by atoms with E-state index in [1.165, 1.54) is 27.1 Å². The summed E-state index contributed by atoms with van der Waals surface area (Å²) < 4.78 is 0. The van der Waals surface area contributed by atoms with Gasteiger partial charge in [-0.3, -0.25) is 9.69 Å². The summed E-state index contributed by atoms with van der Waals surface area (Å²) in [5.41, 5.74) is 0. The van der Waals surface area contributed by atoms with Crippen molar-refractivity contribution in [2.45, 2.75) is 0 Å². The Labute approximate surface area is 115 Å². The molecule has 1 saturated heterocycles. The van der Waals surface area contributed by atoms with Gasteiger partial charge in [-0.2, -0.15) is 0 Å². The molecule has 102 valence electrons. The summed E-state index contributed by atoms with van der Waals surface area (Å²) >= 11 is 5.77. The van der Waals surface area contributed by atoms with Crippen molar-refractivity contribution in [3.05, 3.63) is 17.5 Å². The lowest BCUT2D eigenvalue weighted by molar-refractivity contribution is -0.120. The smallest absolute Gasteiger partial charge is 0.320 e. The average molecular weight is 284 g/mol.